The van der Waals surface area contributed by atoms with Gasteiger partial charge in [0.2, 0.25) is 0 Å². The second-order valence-corrected chi connectivity index (χ2v) is 4.56. The molecule has 0 unspecified atom stereocenters. The summed E-state index contributed by atoms with van der Waals surface area (Å²) in [7, 11) is 0. The standard InChI is InChI=1S/C8H11N.C8H10O/c1-6-3-4-8(9)5-7(6)2;1-6-4-3-5-8(9)7(6)2/h3-5H,9H2,1-2H3;3-5,9H,1-2H3. The lowest BCUT2D eigenvalue weighted by Crippen LogP contribution is -1.86. The van der Waals surface area contributed by atoms with E-state index in [2.05, 4.69) is 13.8 Å². The maximum Gasteiger partial charge on any atom is 0.118 e. The molecule has 0 aliphatic carbocycles. The van der Waals surface area contributed by atoms with Crippen molar-refractivity contribution in [2.24, 2.45) is 0 Å². The zero-order valence-electron chi connectivity index (χ0n) is 11.5. The minimum absolute atomic E-state index is 0.384. The van der Waals surface area contributed by atoms with Crippen LogP contribution in [0.5, 0.6) is 5.75 Å². The van der Waals surface area contributed by atoms with E-state index in [1.807, 2.05) is 44.2 Å². The number of hydrogen-bond donors (Lipinski definition) is 2. The number of phenols is 1. The summed E-state index contributed by atoms with van der Waals surface area (Å²) in [4.78, 5) is 0. The Morgan fingerprint density at radius 2 is 1.50 bits per heavy atom. The molecule has 0 saturated carbocycles. The number of aryl methyl sites for hydroxylation is 3. The van der Waals surface area contributed by atoms with E-state index in [4.69, 9.17) is 10.8 Å². The number of nitrogen functional groups attached to an aromatic ring is 1. The molecule has 96 valence electrons. The Hall–Kier alpha value is -1.96. The first-order chi connectivity index (χ1) is 8.41. The molecule has 0 spiro atoms. The second-order valence-electron chi connectivity index (χ2n) is 4.56. The third kappa shape index (κ3) is 3.81. The Bertz CT molecular complexity index is 512. The highest BCUT2D eigenvalue weighted by Gasteiger charge is 1.94. The highest BCUT2D eigenvalue weighted by atomic mass is 16.3. The third-order valence-electron chi connectivity index (χ3n) is 3.11. The minimum atomic E-state index is 0.384. The molecular formula is C16H21NO. The van der Waals surface area contributed by atoms with Gasteiger partial charge in [-0.2, -0.15) is 0 Å². The molecule has 0 radical (unpaired) electrons. The fourth-order valence-corrected chi connectivity index (χ4v) is 1.50. The van der Waals surface area contributed by atoms with Gasteiger partial charge in [0.1, 0.15) is 5.75 Å². The lowest BCUT2D eigenvalue weighted by molar-refractivity contribution is 0.470. The average Bonchev–Trinajstić information content (AvgIpc) is 2.32. The Labute approximate surface area is 109 Å². The number of benzene rings is 2. The predicted molar refractivity (Wildman–Crippen MR) is 77.9 cm³/mol. The van der Waals surface area contributed by atoms with Crippen molar-refractivity contribution >= 4 is 5.69 Å². The molecule has 0 atom stereocenters. The summed E-state index contributed by atoms with van der Waals surface area (Å²) in [6.45, 7) is 8.03. The number of rotatable bonds is 0. The fourth-order valence-electron chi connectivity index (χ4n) is 1.50. The molecule has 3 N–H and O–H groups in total. The predicted octanol–water partition coefficient (Wildman–Crippen LogP) is 3.89. The van der Waals surface area contributed by atoms with Crippen LogP contribution in [0.2, 0.25) is 0 Å². The van der Waals surface area contributed by atoms with Gasteiger partial charge in [-0.05, 0) is 68.1 Å². The summed E-state index contributed by atoms with van der Waals surface area (Å²) in [6.07, 6.45) is 0. The van der Waals surface area contributed by atoms with Crippen LogP contribution < -0.4 is 5.73 Å². The molecule has 0 aliphatic rings. The molecule has 0 aromatic heterocycles. The molecule has 0 amide bonds. The van der Waals surface area contributed by atoms with Gasteiger partial charge in [0, 0.05) is 5.69 Å². The number of anilines is 1. The Morgan fingerprint density at radius 3 is 1.94 bits per heavy atom. The summed E-state index contributed by atoms with van der Waals surface area (Å²) < 4.78 is 0. The Kier molecular flexibility index (Phi) is 4.78. The van der Waals surface area contributed by atoms with Crippen molar-refractivity contribution < 1.29 is 5.11 Å². The summed E-state index contributed by atoms with van der Waals surface area (Å²) in [5.74, 6) is 0.384. The van der Waals surface area contributed by atoms with Gasteiger partial charge in [-0.3, -0.25) is 0 Å². The zero-order valence-corrected chi connectivity index (χ0v) is 11.5. The van der Waals surface area contributed by atoms with Gasteiger partial charge in [-0.25, -0.2) is 0 Å². The fraction of sp³-hybridized carbons (Fsp3) is 0.250. The normalized spacial score (nSPS) is 9.56. The molecular weight excluding hydrogens is 222 g/mol. The molecule has 0 heterocycles. The van der Waals surface area contributed by atoms with Crippen LogP contribution in [0.1, 0.15) is 22.3 Å². The van der Waals surface area contributed by atoms with Crippen molar-refractivity contribution in [3.63, 3.8) is 0 Å². The first-order valence-electron chi connectivity index (χ1n) is 5.99. The van der Waals surface area contributed by atoms with Crippen LogP contribution >= 0.6 is 0 Å². The molecule has 2 rings (SSSR count). The maximum absolute atomic E-state index is 9.10. The molecule has 2 aromatic rings. The summed E-state index contributed by atoms with van der Waals surface area (Å²) in [5.41, 5.74) is 11.0. The van der Waals surface area contributed by atoms with E-state index in [9.17, 15) is 0 Å². The van der Waals surface area contributed by atoms with E-state index in [-0.39, 0.29) is 0 Å². The maximum atomic E-state index is 9.10. The molecule has 2 heteroatoms. The quantitative estimate of drug-likeness (QED) is 0.689. The summed E-state index contributed by atoms with van der Waals surface area (Å²) in [5, 5.41) is 9.10. The van der Waals surface area contributed by atoms with Crippen LogP contribution in [0.25, 0.3) is 0 Å². The van der Waals surface area contributed by atoms with Crippen LogP contribution in [-0.2, 0) is 0 Å². The van der Waals surface area contributed by atoms with Gasteiger partial charge < -0.3 is 10.8 Å². The van der Waals surface area contributed by atoms with Crippen LogP contribution in [0, 0.1) is 27.7 Å². The van der Waals surface area contributed by atoms with E-state index in [0.29, 0.717) is 5.75 Å². The minimum Gasteiger partial charge on any atom is -0.508 e. The van der Waals surface area contributed by atoms with Gasteiger partial charge in [-0.15, -0.1) is 0 Å². The largest absolute Gasteiger partial charge is 0.508 e. The second kappa shape index (κ2) is 6.10. The molecule has 0 saturated heterocycles. The molecule has 18 heavy (non-hydrogen) atoms. The number of aromatic hydroxyl groups is 1. The third-order valence-corrected chi connectivity index (χ3v) is 3.11. The molecule has 2 nitrogen and oxygen atoms in total. The Morgan fingerprint density at radius 1 is 0.833 bits per heavy atom. The molecule has 2 aromatic carbocycles. The van der Waals surface area contributed by atoms with Crippen molar-refractivity contribution in [1.29, 1.82) is 0 Å². The lowest BCUT2D eigenvalue weighted by atomic mass is 10.1. The lowest BCUT2D eigenvalue weighted by Gasteiger charge is -1.99. The zero-order chi connectivity index (χ0) is 13.7. The van der Waals surface area contributed by atoms with Gasteiger partial charge in [0.05, 0.1) is 0 Å². The van der Waals surface area contributed by atoms with Crippen LogP contribution in [-0.4, -0.2) is 5.11 Å². The monoisotopic (exact) mass is 243 g/mol. The highest BCUT2D eigenvalue weighted by Crippen LogP contribution is 2.17. The van der Waals surface area contributed by atoms with E-state index >= 15 is 0 Å². The van der Waals surface area contributed by atoms with Crippen molar-refractivity contribution in [3.8, 4) is 5.75 Å². The number of nitrogens with two attached hydrogens (primary N) is 1. The molecule has 0 aliphatic heterocycles. The Balaban J connectivity index is 0.000000180. The number of hydrogen-bond acceptors (Lipinski definition) is 2. The molecule has 0 bridgehead atoms. The van der Waals surface area contributed by atoms with E-state index in [0.717, 1.165) is 16.8 Å². The van der Waals surface area contributed by atoms with Crippen molar-refractivity contribution in [3.05, 3.63) is 58.7 Å². The first kappa shape index (κ1) is 14.1. The van der Waals surface area contributed by atoms with Crippen LogP contribution in [0.4, 0.5) is 5.69 Å². The van der Waals surface area contributed by atoms with Crippen LogP contribution in [0.15, 0.2) is 36.4 Å². The van der Waals surface area contributed by atoms with Gasteiger partial charge in [0.25, 0.3) is 0 Å². The van der Waals surface area contributed by atoms with Crippen molar-refractivity contribution in [1.82, 2.24) is 0 Å². The molecule has 0 fully saturated rings. The van der Waals surface area contributed by atoms with Gasteiger partial charge >= 0.3 is 0 Å². The van der Waals surface area contributed by atoms with Gasteiger partial charge in [-0.1, -0.05) is 18.2 Å². The summed E-state index contributed by atoms with van der Waals surface area (Å²) >= 11 is 0. The van der Waals surface area contributed by atoms with E-state index in [1.54, 1.807) is 6.07 Å². The average molecular weight is 243 g/mol. The summed E-state index contributed by atoms with van der Waals surface area (Å²) in [6, 6.07) is 11.5. The first-order valence-corrected chi connectivity index (χ1v) is 5.99. The van der Waals surface area contributed by atoms with Gasteiger partial charge in [0.15, 0.2) is 0 Å². The van der Waals surface area contributed by atoms with Crippen LogP contribution in [0.3, 0.4) is 0 Å². The van der Waals surface area contributed by atoms with Crippen molar-refractivity contribution in [2.45, 2.75) is 27.7 Å². The van der Waals surface area contributed by atoms with Crippen molar-refractivity contribution in [2.75, 3.05) is 5.73 Å². The smallest absolute Gasteiger partial charge is 0.118 e. The topological polar surface area (TPSA) is 46.2 Å². The SMILES string of the molecule is Cc1ccc(N)cc1C.Cc1cccc(O)c1C. The number of phenolic OH excluding ortho intramolecular Hbond substituents is 1. The van der Waals surface area contributed by atoms with E-state index < -0.39 is 0 Å². The highest BCUT2D eigenvalue weighted by molar-refractivity contribution is 5.43. The van der Waals surface area contributed by atoms with E-state index in [1.165, 1.54) is 11.1 Å².